The van der Waals surface area contributed by atoms with Crippen molar-refractivity contribution >= 4 is 39.1 Å². The number of benzene rings is 2. The molecule has 3 aliphatic rings. The van der Waals surface area contributed by atoms with Crippen LogP contribution in [-0.2, 0) is 14.8 Å². The molecule has 2 fully saturated rings. The maximum Gasteiger partial charge on any atom is 0.244 e. The van der Waals surface area contributed by atoms with Gasteiger partial charge in [0.1, 0.15) is 23.9 Å². The lowest BCUT2D eigenvalue weighted by Gasteiger charge is -2.43. The zero-order chi connectivity index (χ0) is 27.6. The van der Waals surface area contributed by atoms with Crippen LogP contribution in [0.25, 0.3) is 0 Å². The van der Waals surface area contributed by atoms with Gasteiger partial charge < -0.3 is 24.0 Å². The van der Waals surface area contributed by atoms with Crippen molar-refractivity contribution in [2.45, 2.75) is 24.2 Å². The molecule has 0 spiro atoms. The van der Waals surface area contributed by atoms with E-state index in [4.69, 9.17) is 37.4 Å². The predicted octanol–water partition coefficient (Wildman–Crippen LogP) is 3.78. The molecule has 0 N–H and O–H groups in total. The van der Waals surface area contributed by atoms with Crippen LogP contribution in [0, 0.1) is 5.41 Å². The van der Waals surface area contributed by atoms with E-state index >= 15 is 0 Å². The first-order chi connectivity index (χ1) is 18.6. The van der Waals surface area contributed by atoms with Crippen molar-refractivity contribution in [2.75, 3.05) is 66.1 Å². The number of hydrogen-bond donors (Lipinski definition) is 0. The molecular weight excluding hydrogens is 565 g/mol. The normalized spacial score (nSPS) is 22.5. The maximum absolute atomic E-state index is 13.9. The van der Waals surface area contributed by atoms with Crippen LogP contribution in [0.4, 0.5) is 0 Å². The number of carbonyl (C=O) groups excluding carboxylic acids is 1. The molecule has 39 heavy (non-hydrogen) atoms. The number of piperazine rings is 1. The lowest BCUT2D eigenvalue weighted by atomic mass is 9.78. The molecule has 3 aliphatic heterocycles. The van der Waals surface area contributed by atoms with Crippen molar-refractivity contribution in [1.82, 2.24) is 14.1 Å². The molecule has 2 saturated heterocycles. The number of amides is 1. The number of ether oxygens (including phenoxy) is 3. The summed E-state index contributed by atoms with van der Waals surface area (Å²) in [6, 6.07) is 9.93. The third-order valence-corrected chi connectivity index (χ3v) is 10.1. The van der Waals surface area contributed by atoms with Crippen molar-refractivity contribution in [1.29, 1.82) is 0 Å². The molecule has 212 valence electrons. The van der Waals surface area contributed by atoms with Gasteiger partial charge in [0.15, 0.2) is 11.5 Å². The van der Waals surface area contributed by atoms with Gasteiger partial charge in [-0.3, -0.25) is 4.79 Å². The van der Waals surface area contributed by atoms with Gasteiger partial charge in [0.2, 0.25) is 15.9 Å². The van der Waals surface area contributed by atoms with Gasteiger partial charge in [-0.1, -0.05) is 23.2 Å². The molecular formula is C27H33Cl2N3O6S. The first-order valence-corrected chi connectivity index (χ1v) is 15.3. The SMILES string of the molecule is CN1CCN(C(=O)C[C@]2(COc3ccc(Cl)cc3)CCCN(S(=O)(=O)c3cc4c(cc3Cl)OCCO4)C2)CC1. The predicted molar refractivity (Wildman–Crippen MR) is 149 cm³/mol. The molecule has 1 amide bonds. The van der Waals surface area contributed by atoms with Gasteiger partial charge >= 0.3 is 0 Å². The monoisotopic (exact) mass is 597 g/mol. The van der Waals surface area contributed by atoms with Crippen LogP contribution in [0.3, 0.4) is 0 Å². The van der Waals surface area contributed by atoms with Gasteiger partial charge in [0, 0.05) is 68.3 Å². The summed E-state index contributed by atoms with van der Waals surface area (Å²) in [4.78, 5) is 17.5. The van der Waals surface area contributed by atoms with Crippen molar-refractivity contribution in [3.05, 3.63) is 46.4 Å². The summed E-state index contributed by atoms with van der Waals surface area (Å²) in [7, 11) is -1.95. The summed E-state index contributed by atoms with van der Waals surface area (Å²) >= 11 is 12.5. The Labute approximate surface area is 239 Å². The van der Waals surface area contributed by atoms with Crippen LogP contribution in [-0.4, -0.2) is 94.6 Å². The second-order valence-electron chi connectivity index (χ2n) is 10.5. The largest absolute Gasteiger partial charge is 0.493 e. The highest BCUT2D eigenvalue weighted by Gasteiger charge is 2.44. The van der Waals surface area contributed by atoms with E-state index in [0.29, 0.717) is 68.0 Å². The second-order valence-corrected chi connectivity index (χ2v) is 13.2. The minimum absolute atomic E-state index is 0.0133. The van der Waals surface area contributed by atoms with Crippen molar-refractivity contribution in [3.8, 4) is 17.2 Å². The van der Waals surface area contributed by atoms with Gasteiger partial charge in [-0.25, -0.2) is 8.42 Å². The molecule has 0 bridgehead atoms. The number of likely N-dealkylation sites (N-methyl/N-ethyl adjacent to an activating group) is 1. The van der Waals surface area contributed by atoms with Crippen LogP contribution in [0.2, 0.25) is 10.0 Å². The summed E-state index contributed by atoms with van der Waals surface area (Å²) in [5.41, 5.74) is -0.717. The third-order valence-electron chi connectivity index (χ3n) is 7.58. The average Bonchev–Trinajstić information content (AvgIpc) is 2.93. The molecule has 3 heterocycles. The van der Waals surface area contributed by atoms with Gasteiger partial charge in [-0.2, -0.15) is 4.31 Å². The fourth-order valence-electron chi connectivity index (χ4n) is 5.32. The van der Waals surface area contributed by atoms with E-state index in [1.54, 1.807) is 24.3 Å². The molecule has 1 atom stereocenters. The lowest BCUT2D eigenvalue weighted by Crippen LogP contribution is -2.53. The summed E-state index contributed by atoms with van der Waals surface area (Å²) in [6.45, 7) is 4.26. The molecule has 5 rings (SSSR count). The highest BCUT2D eigenvalue weighted by molar-refractivity contribution is 7.89. The van der Waals surface area contributed by atoms with Crippen LogP contribution in [0.1, 0.15) is 19.3 Å². The topological polar surface area (TPSA) is 88.6 Å². The molecule has 12 heteroatoms. The van der Waals surface area contributed by atoms with Crippen molar-refractivity contribution in [2.24, 2.45) is 5.41 Å². The molecule has 0 aliphatic carbocycles. The zero-order valence-electron chi connectivity index (χ0n) is 21.9. The van der Waals surface area contributed by atoms with Gasteiger partial charge in [0.25, 0.3) is 0 Å². The molecule has 0 saturated carbocycles. The van der Waals surface area contributed by atoms with E-state index in [1.807, 2.05) is 11.9 Å². The molecule has 9 nitrogen and oxygen atoms in total. The zero-order valence-corrected chi connectivity index (χ0v) is 24.2. The Hall–Kier alpha value is -2.24. The third kappa shape index (κ3) is 6.41. The molecule has 2 aromatic rings. The Bertz CT molecular complexity index is 1300. The van der Waals surface area contributed by atoms with Crippen molar-refractivity contribution in [3.63, 3.8) is 0 Å². The van der Waals surface area contributed by atoms with E-state index in [1.165, 1.54) is 16.4 Å². The number of hydrogen-bond acceptors (Lipinski definition) is 7. The van der Waals surface area contributed by atoms with Crippen LogP contribution < -0.4 is 14.2 Å². The smallest absolute Gasteiger partial charge is 0.244 e. The van der Waals surface area contributed by atoms with E-state index in [2.05, 4.69) is 4.90 Å². The van der Waals surface area contributed by atoms with Gasteiger partial charge in [0.05, 0.1) is 11.6 Å². The van der Waals surface area contributed by atoms with Crippen LogP contribution >= 0.6 is 23.2 Å². The first kappa shape index (κ1) is 28.3. The minimum atomic E-state index is -3.99. The molecule has 0 radical (unpaired) electrons. The fraction of sp³-hybridized carbons (Fsp3) is 0.519. The Morgan fingerprint density at radius 3 is 2.36 bits per heavy atom. The Balaban J connectivity index is 1.40. The highest BCUT2D eigenvalue weighted by atomic mass is 35.5. The standard InChI is InChI=1S/C27H33Cl2N3O6S/c1-30-9-11-31(12-10-30)26(33)17-27(19-38-21-5-3-20(28)4-6-21)7-2-8-32(18-27)39(34,35)25-16-24-23(15-22(25)29)36-13-14-37-24/h3-6,15-16H,2,7-14,17-19H2,1H3/t27-/m1/s1. The Kier molecular flexibility index (Phi) is 8.49. The van der Waals surface area contributed by atoms with Gasteiger partial charge in [-0.05, 0) is 44.2 Å². The van der Waals surface area contributed by atoms with Crippen molar-refractivity contribution < 1.29 is 27.4 Å². The number of carbonyl (C=O) groups is 1. The van der Waals surface area contributed by atoms with E-state index in [-0.39, 0.29) is 35.4 Å². The number of piperidine rings is 1. The Morgan fingerprint density at radius 2 is 1.67 bits per heavy atom. The van der Waals surface area contributed by atoms with Gasteiger partial charge in [-0.15, -0.1) is 0 Å². The summed E-state index contributed by atoms with van der Waals surface area (Å²) in [5, 5.41) is 0.662. The summed E-state index contributed by atoms with van der Waals surface area (Å²) in [6.07, 6.45) is 1.42. The average molecular weight is 599 g/mol. The van der Waals surface area contributed by atoms with E-state index in [9.17, 15) is 13.2 Å². The summed E-state index contributed by atoms with van der Waals surface area (Å²) in [5.74, 6) is 1.40. The Morgan fingerprint density at radius 1 is 1.00 bits per heavy atom. The molecule has 0 aromatic heterocycles. The highest BCUT2D eigenvalue weighted by Crippen LogP contribution is 2.41. The number of nitrogens with zero attached hydrogens (tertiary/aromatic N) is 3. The van der Waals surface area contributed by atoms with E-state index in [0.717, 1.165) is 13.1 Å². The molecule has 0 unspecified atom stereocenters. The number of halogens is 2. The van der Waals surface area contributed by atoms with E-state index < -0.39 is 15.4 Å². The quantitative estimate of drug-likeness (QED) is 0.480. The molecule has 2 aromatic carbocycles. The lowest BCUT2D eigenvalue weighted by molar-refractivity contribution is -0.136. The second kappa shape index (κ2) is 11.7. The number of sulfonamides is 1. The first-order valence-electron chi connectivity index (χ1n) is 13.1. The van der Waals surface area contributed by atoms with Crippen LogP contribution in [0.15, 0.2) is 41.3 Å². The van der Waals surface area contributed by atoms with Crippen LogP contribution in [0.5, 0.6) is 17.2 Å². The number of rotatable bonds is 7. The fourth-order valence-corrected chi connectivity index (χ4v) is 7.54. The summed E-state index contributed by atoms with van der Waals surface area (Å²) < 4.78 is 46.6. The maximum atomic E-state index is 13.9. The minimum Gasteiger partial charge on any atom is -0.493 e. The number of fused-ring (bicyclic) bond motifs is 1.